The summed E-state index contributed by atoms with van der Waals surface area (Å²) in [5.41, 5.74) is 2.20. The highest BCUT2D eigenvalue weighted by Crippen LogP contribution is 2.64. The minimum atomic E-state index is -0.0139. The summed E-state index contributed by atoms with van der Waals surface area (Å²) in [6.45, 7) is 6.80. The van der Waals surface area contributed by atoms with Gasteiger partial charge in [0.15, 0.2) is 0 Å². The van der Waals surface area contributed by atoms with Crippen LogP contribution in [0.15, 0.2) is 23.8 Å². The summed E-state index contributed by atoms with van der Waals surface area (Å²) in [6, 6.07) is 0. The molecule has 0 aliphatic heterocycles. The third-order valence-corrected chi connectivity index (χ3v) is 8.09. The molecule has 1 unspecified atom stereocenters. The lowest BCUT2D eigenvalue weighted by molar-refractivity contribution is -0.158. The maximum atomic E-state index is 11.9. The van der Waals surface area contributed by atoms with E-state index in [2.05, 4.69) is 32.1 Å². The van der Waals surface area contributed by atoms with E-state index in [1.165, 1.54) is 32.1 Å². The van der Waals surface area contributed by atoms with Crippen LogP contribution in [0, 0.1) is 28.6 Å². The molecule has 0 amide bonds. The van der Waals surface area contributed by atoms with Crippen LogP contribution in [-0.2, 0) is 9.53 Å². The number of carbonyl (C=O) groups is 1. The maximum absolute atomic E-state index is 11.9. The van der Waals surface area contributed by atoms with Crippen molar-refractivity contribution >= 4 is 5.97 Å². The molecule has 0 saturated heterocycles. The van der Waals surface area contributed by atoms with Crippen molar-refractivity contribution in [1.82, 2.24) is 0 Å². The molecule has 2 nitrogen and oxygen atoms in total. The fourth-order valence-corrected chi connectivity index (χ4v) is 6.73. The Bertz CT molecular complexity index is 589. The molecular formula is C22H32O2. The number of hydrogen-bond acceptors (Lipinski definition) is 2. The molecule has 0 bridgehead atoms. The second-order valence-corrected chi connectivity index (χ2v) is 9.02. The van der Waals surface area contributed by atoms with Gasteiger partial charge in [-0.15, -0.1) is 0 Å². The van der Waals surface area contributed by atoms with Crippen molar-refractivity contribution in [1.29, 1.82) is 0 Å². The third-order valence-electron chi connectivity index (χ3n) is 8.09. The molecule has 2 heteroatoms. The molecule has 132 valence electrons. The first-order valence-electron chi connectivity index (χ1n) is 10.1. The summed E-state index contributed by atoms with van der Waals surface area (Å²) >= 11 is 0. The first kappa shape index (κ1) is 16.4. The van der Waals surface area contributed by atoms with Crippen molar-refractivity contribution in [2.75, 3.05) is 0 Å². The summed E-state index contributed by atoms with van der Waals surface area (Å²) in [5, 5.41) is 0. The number of ether oxygens (including phenoxy) is 1. The average Bonchev–Trinajstić information content (AvgIpc) is 2.91. The van der Waals surface area contributed by atoms with Gasteiger partial charge in [0, 0.05) is 17.3 Å². The highest BCUT2D eigenvalue weighted by atomic mass is 16.5. The van der Waals surface area contributed by atoms with E-state index < -0.39 is 0 Å². The van der Waals surface area contributed by atoms with E-state index in [-0.39, 0.29) is 17.5 Å². The summed E-state index contributed by atoms with van der Waals surface area (Å²) in [5.74, 6) is 2.31. The first-order valence-corrected chi connectivity index (χ1v) is 10.1. The number of fused-ring (bicyclic) bond motifs is 5. The Morgan fingerprint density at radius 2 is 2.04 bits per heavy atom. The van der Waals surface area contributed by atoms with Crippen LogP contribution < -0.4 is 0 Å². The van der Waals surface area contributed by atoms with E-state index in [0.29, 0.717) is 11.8 Å². The van der Waals surface area contributed by atoms with Crippen molar-refractivity contribution in [2.45, 2.75) is 78.2 Å². The zero-order valence-electron chi connectivity index (χ0n) is 15.5. The lowest BCUT2D eigenvalue weighted by Gasteiger charge is -2.56. The molecule has 4 aliphatic rings. The van der Waals surface area contributed by atoms with Gasteiger partial charge in [-0.05, 0) is 62.7 Å². The van der Waals surface area contributed by atoms with Crippen LogP contribution in [0.2, 0.25) is 0 Å². The quantitative estimate of drug-likeness (QED) is 0.498. The molecular weight excluding hydrogens is 296 g/mol. The molecule has 6 atom stereocenters. The molecule has 0 aromatic rings. The second-order valence-electron chi connectivity index (χ2n) is 9.02. The molecule has 24 heavy (non-hydrogen) atoms. The summed E-state index contributed by atoms with van der Waals surface area (Å²) < 4.78 is 5.88. The molecule has 3 saturated carbocycles. The van der Waals surface area contributed by atoms with Crippen molar-refractivity contribution in [3.8, 4) is 0 Å². The molecule has 0 spiro atoms. The SMILES string of the molecule is CCC(=O)OC1CC[C@H]2[C@@H]3CCC4=CCC=C[C@]4(C)[C@H]3CC[C@]12C. The molecule has 4 aliphatic carbocycles. The lowest BCUT2D eigenvalue weighted by Crippen LogP contribution is -2.50. The van der Waals surface area contributed by atoms with Gasteiger partial charge in [-0.3, -0.25) is 4.79 Å². The highest BCUT2D eigenvalue weighted by Gasteiger charge is 2.59. The van der Waals surface area contributed by atoms with E-state index in [9.17, 15) is 4.79 Å². The average molecular weight is 328 g/mol. The Hall–Kier alpha value is -1.05. The monoisotopic (exact) mass is 328 g/mol. The van der Waals surface area contributed by atoms with Gasteiger partial charge in [-0.2, -0.15) is 0 Å². The summed E-state index contributed by atoms with van der Waals surface area (Å²) in [6.07, 6.45) is 16.6. The van der Waals surface area contributed by atoms with Gasteiger partial charge in [0.1, 0.15) is 6.10 Å². The van der Waals surface area contributed by atoms with Gasteiger partial charge < -0.3 is 4.74 Å². The van der Waals surface area contributed by atoms with Crippen LogP contribution in [0.1, 0.15) is 72.1 Å². The minimum Gasteiger partial charge on any atom is -0.462 e. The molecule has 3 fully saturated rings. The summed E-state index contributed by atoms with van der Waals surface area (Å²) in [7, 11) is 0. The van der Waals surface area contributed by atoms with Crippen LogP contribution in [0.5, 0.6) is 0 Å². The normalized spacial score (nSPS) is 46.5. The smallest absolute Gasteiger partial charge is 0.305 e. The molecule has 0 aromatic heterocycles. The predicted octanol–water partition coefficient (Wildman–Crippen LogP) is 5.44. The van der Waals surface area contributed by atoms with Crippen LogP contribution in [0.3, 0.4) is 0 Å². The van der Waals surface area contributed by atoms with E-state index >= 15 is 0 Å². The Labute approximate surface area is 146 Å². The first-order chi connectivity index (χ1) is 11.5. The van der Waals surface area contributed by atoms with Gasteiger partial charge in [0.2, 0.25) is 0 Å². The Kier molecular flexibility index (Phi) is 3.93. The van der Waals surface area contributed by atoms with Gasteiger partial charge in [0.25, 0.3) is 0 Å². The number of rotatable bonds is 2. The topological polar surface area (TPSA) is 26.3 Å². The van der Waals surface area contributed by atoms with Crippen LogP contribution >= 0.6 is 0 Å². The molecule has 4 rings (SSSR count). The Morgan fingerprint density at radius 1 is 1.21 bits per heavy atom. The number of hydrogen-bond donors (Lipinski definition) is 0. The van der Waals surface area contributed by atoms with Gasteiger partial charge in [-0.25, -0.2) is 0 Å². The van der Waals surface area contributed by atoms with Crippen LogP contribution in [-0.4, -0.2) is 12.1 Å². The lowest BCUT2D eigenvalue weighted by atomic mass is 9.48. The van der Waals surface area contributed by atoms with E-state index in [0.717, 1.165) is 30.6 Å². The Morgan fingerprint density at radius 3 is 2.83 bits per heavy atom. The fraction of sp³-hybridized carbons (Fsp3) is 0.773. The minimum absolute atomic E-state index is 0.0139. The van der Waals surface area contributed by atoms with Crippen molar-refractivity contribution in [3.05, 3.63) is 23.8 Å². The number of carbonyl (C=O) groups excluding carboxylic acids is 1. The number of allylic oxidation sites excluding steroid dienone is 4. The molecule has 0 heterocycles. The van der Waals surface area contributed by atoms with Gasteiger partial charge in [-0.1, -0.05) is 44.6 Å². The van der Waals surface area contributed by atoms with Gasteiger partial charge >= 0.3 is 5.97 Å². The standard InChI is InChI=1S/C22H32O2/c1-4-20(23)24-19-11-10-17-16-9-8-15-7-5-6-13-21(15,2)18(16)12-14-22(17,19)3/h6-7,13,16-19H,4-5,8-12,14H2,1-3H3/t16-,17-,18-,19?,21-,22-/m0/s1. The fourth-order valence-electron chi connectivity index (χ4n) is 6.73. The Balaban J connectivity index is 1.59. The maximum Gasteiger partial charge on any atom is 0.305 e. The summed E-state index contributed by atoms with van der Waals surface area (Å²) in [4.78, 5) is 11.9. The van der Waals surface area contributed by atoms with Crippen molar-refractivity contribution < 1.29 is 9.53 Å². The van der Waals surface area contributed by atoms with Crippen molar-refractivity contribution in [2.24, 2.45) is 28.6 Å². The van der Waals surface area contributed by atoms with Gasteiger partial charge in [0.05, 0.1) is 0 Å². The van der Waals surface area contributed by atoms with E-state index in [4.69, 9.17) is 4.74 Å². The van der Waals surface area contributed by atoms with Crippen LogP contribution in [0.4, 0.5) is 0 Å². The largest absolute Gasteiger partial charge is 0.462 e. The molecule has 0 radical (unpaired) electrons. The highest BCUT2D eigenvalue weighted by molar-refractivity contribution is 5.69. The molecule has 0 aromatic carbocycles. The zero-order chi connectivity index (χ0) is 16.9. The third kappa shape index (κ3) is 2.24. The predicted molar refractivity (Wildman–Crippen MR) is 96.4 cm³/mol. The van der Waals surface area contributed by atoms with Crippen molar-refractivity contribution in [3.63, 3.8) is 0 Å². The van der Waals surface area contributed by atoms with E-state index in [1.54, 1.807) is 5.57 Å². The second kappa shape index (κ2) is 5.75. The van der Waals surface area contributed by atoms with E-state index in [1.807, 2.05) is 6.92 Å². The molecule has 0 N–H and O–H groups in total. The zero-order valence-corrected chi connectivity index (χ0v) is 15.5. The van der Waals surface area contributed by atoms with Crippen LogP contribution in [0.25, 0.3) is 0 Å². The number of esters is 1.